The van der Waals surface area contributed by atoms with Gasteiger partial charge >= 0.3 is 0 Å². The second kappa shape index (κ2) is 3.44. The van der Waals surface area contributed by atoms with Crippen LogP contribution in [0.4, 0.5) is 20.3 Å². The molecule has 0 unspecified atom stereocenters. The maximum atomic E-state index is 12.4. The molecule has 0 spiro atoms. The van der Waals surface area contributed by atoms with Crippen molar-refractivity contribution < 1.29 is 13.6 Å². The van der Waals surface area contributed by atoms with E-state index in [1.165, 1.54) is 0 Å². The number of carbonyl (C=O) groups excluding carboxylic acids is 1. The Morgan fingerprint density at radius 2 is 2.00 bits per heavy atom. The molecular weight excluding hydrogens is 194 g/mol. The highest BCUT2D eigenvalue weighted by molar-refractivity contribution is 5.93. The highest BCUT2D eigenvalue weighted by atomic mass is 19.3. The Balaban J connectivity index is 3.39. The molecule has 7 heteroatoms. The minimum absolute atomic E-state index is 0.106. The third kappa shape index (κ3) is 1.70. The summed E-state index contributed by atoms with van der Waals surface area (Å²) in [5.74, 6) is -1.25. The van der Waals surface area contributed by atoms with Crippen molar-refractivity contribution in [2.75, 3.05) is 11.5 Å². The van der Waals surface area contributed by atoms with E-state index in [9.17, 15) is 13.6 Å². The number of nitrogen functional groups attached to an aromatic ring is 2. The Bertz CT molecular complexity index is 380. The Morgan fingerprint density at radius 3 is 2.43 bits per heavy atom. The lowest BCUT2D eigenvalue weighted by atomic mass is 10.1. The maximum Gasteiger partial charge on any atom is 0.267 e. The molecule has 0 fully saturated rings. The van der Waals surface area contributed by atoms with Crippen LogP contribution >= 0.6 is 0 Å². The van der Waals surface area contributed by atoms with Crippen LogP contribution in [-0.4, -0.2) is 10.9 Å². The summed E-state index contributed by atoms with van der Waals surface area (Å²) >= 11 is 0. The van der Waals surface area contributed by atoms with Gasteiger partial charge < -0.3 is 17.2 Å². The quantitative estimate of drug-likeness (QED) is 0.640. The van der Waals surface area contributed by atoms with Gasteiger partial charge in [0.05, 0.1) is 11.3 Å². The van der Waals surface area contributed by atoms with Crippen LogP contribution in [0.25, 0.3) is 0 Å². The van der Waals surface area contributed by atoms with E-state index in [0.29, 0.717) is 0 Å². The van der Waals surface area contributed by atoms with Crippen LogP contribution in [0.1, 0.15) is 22.5 Å². The van der Waals surface area contributed by atoms with Gasteiger partial charge in [0.15, 0.2) is 0 Å². The first kappa shape index (κ1) is 10.2. The van der Waals surface area contributed by atoms with Crippen molar-refractivity contribution in [3.8, 4) is 0 Å². The third-order valence-corrected chi connectivity index (χ3v) is 1.58. The van der Waals surface area contributed by atoms with E-state index < -0.39 is 23.6 Å². The molecule has 0 aromatic carbocycles. The molecule has 0 radical (unpaired) electrons. The SMILES string of the molecule is NC(=O)c1nc(N)c(N)cc1C(F)F. The number of halogens is 2. The van der Waals surface area contributed by atoms with Crippen molar-refractivity contribution in [1.29, 1.82) is 0 Å². The molecule has 76 valence electrons. The molecule has 6 N–H and O–H groups in total. The monoisotopic (exact) mass is 202 g/mol. The molecule has 14 heavy (non-hydrogen) atoms. The number of hydrogen-bond donors (Lipinski definition) is 3. The molecule has 1 amide bonds. The first-order valence-corrected chi connectivity index (χ1v) is 3.57. The second-order valence-electron chi connectivity index (χ2n) is 2.57. The molecule has 0 saturated carbocycles. The topological polar surface area (TPSA) is 108 Å². The van der Waals surface area contributed by atoms with Crippen molar-refractivity contribution >= 4 is 17.4 Å². The summed E-state index contributed by atoms with van der Waals surface area (Å²) < 4.78 is 24.7. The number of pyridine rings is 1. The van der Waals surface area contributed by atoms with Crippen LogP contribution < -0.4 is 17.2 Å². The Labute approximate surface area is 77.9 Å². The van der Waals surface area contributed by atoms with Gasteiger partial charge in [0.1, 0.15) is 11.5 Å². The number of nitrogens with two attached hydrogens (primary N) is 3. The highest BCUT2D eigenvalue weighted by Gasteiger charge is 2.19. The predicted octanol–water partition coefficient (Wildman–Crippen LogP) is 0.282. The lowest BCUT2D eigenvalue weighted by Gasteiger charge is -2.07. The summed E-state index contributed by atoms with van der Waals surface area (Å²) in [5.41, 5.74) is 14.1. The molecule has 1 rings (SSSR count). The largest absolute Gasteiger partial charge is 0.396 e. The molecule has 1 aromatic heterocycles. The first-order valence-electron chi connectivity index (χ1n) is 3.57. The molecule has 1 aromatic rings. The first-order chi connectivity index (χ1) is 6.43. The van der Waals surface area contributed by atoms with E-state index in [1.807, 2.05) is 0 Å². The third-order valence-electron chi connectivity index (χ3n) is 1.58. The number of carbonyl (C=O) groups is 1. The van der Waals surface area contributed by atoms with Crippen molar-refractivity contribution in [1.82, 2.24) is 4.98 Å². The Hall–Kier alpha value is -1.92. The fourth-order valence-corrected chi connectivity index (χ4v) is 0.923. The van der Waals surface area contributed by atoms with Gasteiger partial charge in [-0.2, -0.15) is 0 Å². The fourth-order valence-electron chi connectivity index (χ4n) is 0.923. The van der Waals surface area contributed by atoms with E-state index >= 15 is 0 Å². The minimum atomic E-state index is -2.87. The van der Waals surface area contributed by atoms with Gasteiger partial charge in [-0.1, -0.05) is 0 Å². The van der Waals surface area contributed by atoms with E-state index in [1.54, 1.807) is 0 Å². The molecule has 0 aliphatic heterocycles. The van der Waals surface area contributed by atoms with Gasteiger partial charge in [0, 0.05) is 0 Å². The van der Waals surface area contributed by atoms with Crippen LogP contribution in [0, 0.1) is 0 Å². The molecular formula is C7H8F2N4O. The number of aromatic nitrogens is 1. The van der Waals surface area contributed by atoms with Crippen molar-refractivity contribution in [2.24, 2.45) is 5.73 Å². The number of nitrogens with zero attached hydrogens (tertiary/aromatic N) is 1. The van der Waals surface area contributed by atoms with Gasteiger partial charge in [-0.05, 0) is 6.07 Å². The highest BCUT2D eigenvalue weighted by Crippen LogP contribution is 2.26. The lowest BCUT2D eigenvalue weighted by molar-refractivity contribution is 0.0980. The van der Waals surface area contributed by atoms with E-state index in [0.717, 1.165) is 6.07 Å². The molecule has 0 aliphatic carbocycles. The minimum Gasteiger partial charge on any atom is -0.396 e. The molecule has 1 heterocycles. The van der Waals surface area contributed by atoms with Gasteiger partial charge in [-0.3, -0.25) is 4.79 Å². The Kier molecular flexibility index (Phi) is 2.50. The van der Waals surface area contributed by atoms with E-state index in [2.05, 4.69) is 4.98 Å². The van der Waals surface area contributed by atoms with Crippen LogP contribution in [0.3, 0.4) is 0 Å². The molecule has 0 aliphatic rings. The molecule has 0 atom stereocenters. The number of hydrogen-bond acceptors (Lipinski definition) is 4. The van der Waals surface area contributed by atoms with E-state index in [4.69, 9.17) is 17.2 Å². The summed E-state index contributed by atoms with van der Waals surface area (Å²) in [7, 11) is 0. The van der Waals surface area contributed by atoms with Crippen LogP contribution in [0.15, 0.2) is 6.07 Å². The zero-order valence-corrected chi connectivity index (χ0v) is 7.00. The van der Waals surface area contributed by atoms with Crippen LogP contribution in [0.5, 0.6) is 0 Å². The van der Waals surface area contributed by atoms with Gasteiger partial charge in [-0.15, -0.1) is 0 Å². The Morgan fingerprint density at radius 1 is 1.43 bits per heavy atom. The number of primary amides is 1. The zero-order chi connectivity index (χ0) is 10.9. The number of alkyl halides is 2. The smallest absolute Gasteiger partial charge is 0.267 e. The molecule has 0 saturated heterocycles. The standard InChI is InChI=1S/C7H8F2N4O/c8-5(9)2-1-3(10)6(11)13-4(2)7(12)14/h1,5H,10H2,(H2,11,13)(H2,12,14). The fraction of sp³-hybridized carbons (Fsp3) is 0.143. The summed E-state index contributed by atoms with van der Waals surface area (Å²) in [6.45, 7) is 0. The van der Waals surface area contributed by atoms with Crippen LogP contribution in [0.2, 0.25) is 0 Å². The van der Waals surface area contributed by atoms with Crippen molar-refractivity contribution in [3.63, 3.8) is 0 Å². The molecule has 5 nitrogen and oxygen atoms in total. The summed E-state index contributed by atoms with van der Waals surface area (Å²) in [5, 5.41) is 0. The maximum absolute atomic E-state index is 12.4. The van der Waals surface area contributed by atoms with Crippen molar-refractivity contribution in [3.05, 3.63) is 17.3 Å². The van der Waals surface area contributed by atoms with E-state index in [-0.39, 0.29) is 11.5 Å². The predicted molar refractivity (Wildman–Crippen MR) is 46.5 cm³/mol. The summed E-state index contributed by atoms with van der Waals surface area (Å²) in [4.78, 5) is 14.1. The normalized spacial score (nSPS) is 10.5. The van der Waals surface area contributed by atoms with Gasteiger partial charge in [0.2, 0.25) is 0 Å². The average Bonchev–Trinajstić information content (AvgIpc) is 2.08. The van der Waals surface area contributed by atoms with Gasteiger partial charge in [0.25, 0.3) is 12.3 Å². The number of amides is 1. The molecule has 0 bridgehead atoms. The second-order valence-corrected chi connectivity index (χ2v) is 2.57. The zero-order valence-electron chi connectivity index (χ0n) is 7.00. The summed E-state index contributed by atoms with van der Waals surface area (Å²) in [6, 6.07) is 0.896. The van der Waals surface area contributed by atoms with Crippen molar-refractivity contribution in [2.45, 2.75) is 6.43 Å². The number of rotatable bonds is 2. The lowest BCUT2D eigenvalue weighted by Crippen LogP contribution is -2.18. The summed E-state index contributed by atoms with van der Waals surface area (Å²) in [6.07, 6.45) is -2.87. The number of anilines is 2. The average molecular weight is 202 g/mol. The van der Waals surface area contributed by atoms with Crippen LogP contribution in [-0.2, 0) is 0 Å². The van der Waals surface area contributed by atoms with Gasteiger partial charge in [-0.25, -0.2) is 13.8 Å².